The molecule has 0 unspecified atom stereocenters. The molecule has 20 heavy (non-hydrogen) atoms. The summed E-state index contributed by atoms with van der Waals surface area (Å²) < 4.78 is 27.6. The van der Waals surface area contributed by atoms with Crippen LogP contribution >= 0.6 is 0 Å². The molecule has 1 aromatic heterocycles. The number of sulfonamides is 1. The molecule has 1 aliphatic rings. The van der Waals surface area contributed by atoms with E-state index in [1.165, 1.54) is 0 Å². The summed E-state index contributed by atoms with van der Waals surface area (Å²) >= 11 is 0. The van der Waals surface area contributed by atoms with Gasteiger partial charge in [0.1, 0.15) is 10.4 Å². The summed E-state index contributed by atoms with van der Waals surface area (Å²) in [6.07, 6.45) is 0.963. The zero-order valence-electron chi connectivity index (χ0n) is 11.9. The van der Waals surface area contributed by atoms with Gasteiger partial charge in [0.2, 0.25) is 10.0 Å². The largest absolute Gasteiger partial charge is 0.306 e. The first-order valence-corrected chi connectivity index (χ1v) is 7.93. The normalized spacial score (nSPS) is 19.7. The van der Waals surface area contributed by atoms with Gasteiger partial charge in [0.15, 0.2) is 0 Å². The van der Waals surface area contributed by atoms with Crippen LogP contribution in [0.4, 0.5) is 0 Å². The van der Waals surface area contributed by atoms with Crippen molar-refractivity contribution in [3.05, 3.63) is 11.4 Å². The Kier molecular flexibility index (Phi) is 3.86. The quantitative estimate of drug-likeness (QED) is 0.835. The Bertz CT molecular complexity index is 616. The molecule has 1 aromatic rings. The number of H-pyrrole nitrogens is 1. The van der Waals surface area contributed by atoms with E-state index in [2.05, 4.69) is 25.9 Å². The number of nitrogens with zero attached hydrogens (tertiary/aromatic N) is 3. The minimum atomic E-state index is -3.75. The predicted octanol–water partition coefficient (Wildman–Crippen LogP) is 0.293. The van der Waals surface area contributed by atoms with Crippen LogP contribution in [0.3, 0.4) is 0 Å². The molecule has 110 valence electrons. The van der Waals surface area contributed by atoms with Crippen LogP contribution in [0, 0.1) is 25.2 Å². The van der Waals surface area contributed by atoms with Crippen LogP contribution < -0.4 is 4.72 Å². The molecule has 0 aliphatic carbocycles. The van der Waals surface area contributed by atoms with Crippen LogP contribution in [-0.2, 0) is 10.0 Å². The molecule has 8 heteroatoms. The molecule has 0 aromatic carbocycles. The third-order valence-corrected chi connectivity index (χ3v) is 5.51. The Hall–Kier alpha value is -1.43. The molecular formula is C12H19N5O2S. The second-order valence-corrected chi connectivity index (χ2v) is 6.99. The van der Waals surface area contributed by atoms with Crippen molar-refractivity contribution >= 4 is 10.0 Å². The van der Waals surface area contributed by atoms with Gasteiger partial charge in [0.25, 0.3) is 0 Å². The second-order valence-electron chi connectivity index (χ2n) is 5.37. The number of hydrogen-bond acceptors (Lipinski definition) is 5. The number of aromatic amines is 1. The predicted molar refractivity (Wildman–Crippen MR) is 73.5 cm³/mol. The van der Waals surface area contributed by atoms with Gasteiger partial charge in [-0.15, -0.1) is 0 Å². The maximum Gasteiger partial charge on any atom is 0.245 e. The second kappa shape index (κ2) is 5.16. The van der Waals surface area contributed by atoms with E-state index in [0.717, 1.165) is 0 Å². The van der Waals surface area contributed by atoms with Gasteiger partial charge < -0.3 is 4.90 Å². The molecule has 2 rings (SSSR count). The van der Waals surface area contributed by atoms with Crippen LogP contribution in [0.25, 0.3) is 0 Å². The third-order valence-electron chi connectivity index (χ3n) is 3.71. The van der Waals surface area contributed by atoms with Crippen molar-refractivity contribution in [1.82, 2.24) is 19.8 Å². The summed E-state index contributed by atoms with van der Waals surface area (Å²) in [4.78, 5) is 2.23. The summed E-state index contributed by atoms with van der Waals surface area (Å²) in [5, 5.41) is 16.0. The van der Waals surface area contributed by atoms with Crippen molar-refractivity contribution in [3.8, 4) is 6.07 Å². The first-order valence-electron chi connectivity index (χ1n) is 6.45. The molecule has 0 saturated carbocycles. The molecule has 1 fully saturated rings. The zero-order valence-corrected chi connectivity index (χ0v) is 12.7. The first kappa shape index (κ1) is 15.0. The highest BCUT2D eigenvalue weighted by Gasteiger charge is 2.39. The summed E-state index contributed by atoms with van der Waals surface area (Å²) in [5.41, 5.74) is -0.131. The minimum absolute atomic E-state index is 0.144. The van der Waals surface area contributed by atoms with Crippen LogP contribution in [-0.4, -0.2) is 49.2 Å². The molecule has 7 nitrogen and oxygen atoms in total. The Morgan fingerprint density at radius 3 is 2.45 bits per heavy atom. The number of nitrogens with one attached hydrogen (secondary N) is 2. The summed E-state index contributed by atoms with van der Waals surface area (Å²) in [6, 6.07) is 2.15. The van der Waals surface area contributed by atoms with Gasteiger partial charge in [-0.25, -0.2) is 8.42 Å². The van der Waals surface area contributed by atoms with Gasteiger partial charge in [-0.2, -0.15) is 15.1 Å². The highest BCUT2D eigenvalue weighted by Crippen LogP contribution is 2.25. The van der Waals surface area contributed by atoms with E-state index in [9.17, 15) is 13.7 Å². The van der Waals surface area contributed by atoms with E-state index in [-0.39, 0.29) is 4.90 Å². The molecule has 2 N–H and O–H groups in total. The van der Waals surface area contributed by atoms with Gasteiger partial charge in [-0.3, -0.25) is 5.10 Å². The number of piperidine rings is 1. The van der Waals surface area contributed by atoms with Crippen molar-refractivity contribution in [2.75, 3.05) is 20.1 Å². The van der Waals surface area contributed by atoms with Gasteiger partial charge in [-0.05, 0) is 33.7 Å². The zero-order chi connectivity index (χ0) is 15.0. The Balaban J connectivity index is 2.30. The standard InChI is InChI=1S/C12H19N5O2S/c1-9-11(10(2)15-14-9)20(18,19)16-12(8-13)4-6-17(3)7-5-12/h16H,4-7H2,1-3H3,(H,14,15). The molecule has 0 bridgehead atoms. The fourth-order valence-corrected chi connectivity index (χ4v) is 4.23. The maximum absolute atomic E-state index is 12.5. The highest BCUT2D eigenvalue weighted by atomic mass is 32.2. The van der Waals surface area contributed by atoms with Crippen molar-refractivity contribution in [1.29, 1.82) is 5.26 Å². The Labute approximate surface area is 119 Å². The average Bonchev–Trinajstić information content (AvgIpc) is 2.72. The Morgan fingerprint density at radius 2 is 2.00 bits per heavy atom. The van der Waals surface area contributed by atoms with Crippen molar-refractivity contribution in [2.45, 2.75) is 37.1 Å². The van der Waals surface area contributed by atoms with Crippen LogP contribution in [0.5, 0.6) is 0 Å². The summed E-state index contributed by atoms with van der Waals surface area (Å²) in [7, 11) is -1.79. The monoisotopic (exact) mass is 297 g/mol. The van der Waals surface area contributed by atoms with E-state index >= 15 is 0 Å². The molecule has 0 amide bonds. The Morgan fingerprint density at radius 1 is 1.40 bits per heavy atom. The van der Waals surface area contributed by atoms with Gasteiger partial charge in [0, 0.05) is 13.1 Å². The number of nitriles is 1. The smallest absolute Gasteiger partial charge is 0.245 e. The van der Waals surface area contributed by atoms with Crippen LogP contribution in [0.1, 0.15) is 24.2 Å². The third kappa shape index (κ3) is 2.70. The molecule has 1 aliphatic heterocycles. The van der Waals surface area contributed by atoms with Crippen molar-refractivity contribution in [3.63, 3.8) is 0 Å². The molecule has 0 atom stereocenters. The fraction of sp³-hybridized carbons (Fsp3) is 0.667. The van der Waals surface area contributed by atoms with Crippen LogP contribution in [0.15, 0.2) is 4.90 Å². The molecular weight excluding hydrogens is 278 g/mol. The van der Waals surface area contributed by atoms with E-state index in [1.54, 1.807) is 13.8 Å². The first-order chi connectivity index (χ1) is 9.30. The maximum atomic E-state index is 12.5. The lowest BCUT2D eigenvalue weighted by atomic mass is 9.91. The molecule has 2 heterocycles. The highest BCUT2D eigenvalue weighted by molar-refractivity contribution is 7.89. The SMILES string of the molecule is Cc1n[nH]c(C)c1S(=O)(=O)NC1(C#N)CCN(C)CC1. The summed E-state index contributed by atoms with van der Waals surface area (Å²) in [5.74, 6) is 0. The lowest BCUT2D eigenvalue weighted by Crippen LogP contribution is -2.53. The van der Waals surface area contributed by atoms with Crippen LogP contribution in [0.2, 0.25) is 0 Å². The molecule has 0 spiro atoms. The lowest BCUT2D eigenvalue weighted by molar-refractivity contribution is 0.213. The molecule has 1 saturated heterocycles. The number of hydrogen-bond donors (Lipinski definition) is 2. The average molecular weight is 297 g/mol. The van der Waals surface area contributed by atoms with E-state index < -0.39 is 15.6 Å². The van der Waals surface area contributed by atoms with Crippen molar-refractivity contribution < 1.29 is 8.42 Å². The lowest BCUT2D eigenvalue weighted by Gasteiger charge is -2.35. The molecule has 0 radical (unpaired) electrons. The van der Waals surface area contributed by atoms with E-state index in [4.69, 9.17) is 0 Å². The van der Waals surface area contributed by atoms with E-state index in [1.807, 2.05) is 7.05 Å². The van der Waals surface area contributed by atoms with Gasteiger partial charge in [0.05, 0.1) is 17.5 Å². The van der Waals surface area contributed by atoms with Crippen molar-refractivity contribution in [2.24, 2.45) is 0 Å². The van der Waals surface area contributed by atoms with Gasteiger partial charge in [-0.1, -0.05) is 0 Å². The number of rotatable bonds is 3. The van der Waals surface area contributed by atoms with E-state index in [0.29, 0.717) is 37.3 Å². The summed E-state index contributed by atoms with van der Waals surface area (Å²) in [6.45, 7) is 4.67. The number of likely N-dealkylation sites (tertiary alicyclic amines) is 1. The topological polar surface area (TPSA) is 102 Å². The fourth-order valence-electron chi connectivity index (χ4n) is 2.48. The minimum Gasteiger partial charge on any atom is -0.306 e. The number of aryl methyl sites for hydroxylation is 2. The number of aromatic nitrogens is 2. The van der Waals surface area contributed by atoms with Gasteiger partial charge >= 0.3 is 0 Å².